The highest BCUT2D eigenvalue weighted by Crippen LogP contribution is 2.40. The summed E-state index contributed by atoms with van der Waals surface area (Å²) in [5.41, 5.74) is 16.9. The predicted molar refractivity (Wildman–Crippen MR) is 544 cm³/mol. The number of nitrogens with two attached hydrogens (primary N) is 1. The van der Waals surface area contributed by atoms with Crippen molar-refractivity contribution >= 4 is 112 Å². The highest BCUT2D eigenvalue weighted by molar-refractivity contribution is 7.15. The van der Waals surface area contributed by atoms with Gasteiger partial charge in [0, 0.05) is 101 Å². The second-order valence-corrected chi connectivity index (χ2v) is 34.7. The molecular weight excluding hydrogens is 1780 g/mol. The minimum Gasteiger partial charge on any atom is -0.371 e. The average Bonchev–Trinajstić information content (AvgIpc) is 1.59. The lowest BCUT2D eigenvalue weighted by Gasteiger charge is -2.22. The summed E-state index contributed by atoms with van der Waals surface area (Å²) >= 11 is 3.14. The van der Waals surface area contributed by atoms with Gasteiger partial charge in [-0.25, -0.2) is 49.4 Å². The van der Waals surface area contributed by atoms with Gasteiger partial charge < -0.3 is 31.5 Å². The van der Waals surface area contributed by atoms with Crippen molar-refractivity contribution in [3.05, 3.63) is 406 Å². The maximum Gasteiger partial charge on any atom is 0.266 e. The zero-order chi connectivity index (χ0) is 97.2. The number of aryl methyl sites for hydroxylation is 6. The monoisotopic (exact) mass is 1870 g/mol. The molecule has 20 rings (SSSR count). The number of pyridine rings is 3. The molecule has 139 heavy (non-hydrogen) atoms. The Bertz CT molecular complexity index is 7920. The molecule has 0 fully saturated rings. The van der Waals surface area contributed by atoms with Crippen LogP contribution in [0, 0.1) is 65.7 Å². The lowest BCUT2D eigenvalue weighted by Crippen LogP contribution is -2.28. The number of nitrogens with zero attached hydrogens (tertiary/aromatic N) is 22. The van der Waals surface area contributed by atoms with Gasteiger partial charge in [0.05, 0.1) is 115 Å². The molecule has 4 atom stereocenters. The first kappa shape index (κ1) is 92.3. The number of hydrogen-bond acceptors (Lipinski definition) is 26. The summed E-state index contributed by atoms with van der Waals surface area (Å²) in [6.07, 6.45) is 16.2. The van der Waals surface area contributed by atoms with E-state index >= 15 is 0 Å². The number of nitrogens with one attached hydrogen (secondary N) is 4. The molecule has 0 spiro atoms. The van der Waals surface area contributed by atoms with Gasteiger partial charge in [-0.2, -0.15) is 15.3 Å². The molecule has 0 aliphatic rings. The fourth-order valence-electron chi connectivity index (χ4n) is 16.4. The van der Waals surface area contributed by atoms with Crippen LogP contribution in [0.2, 0.25) is 0 Å². The number of benzene rings is 8. The van der Waals surface area contributed by atoms with Crippen molar-refractivity contribution in [1.82, 2.24) is 88.0 Å². The van der Waals surface area contributed by atoms with Crippen molar-refractivity contribution in [3.63, 3.8) is 0 Å². The standard InChI is InChI=1S/2C27H22N6OS.C26H20N6O2.C25H21N9O/c2*1-16(31-26-22(28-4)14-29-17(2)32-26)23-13-19-9-8-12-21(24-15-30-18(3)35-24)25(19)27(34)33(23)20-10-6-5-7-11-20;1-16(30-25-22(27-3)14-28-17(2)31-25)23-12-18-8-7-11-21(19-13-29-34-15-19)24(18)26(33)32(23)20-9-5-4-6-10-20;1-15(30-22-16(11-26)12-28-25(27)32-22)23-31-20-10-6-9-19(17-13-29-33(2)14-17)21(20)24(35)34(23)18-7-4-3-5-8-18/h2*5-16H,1-3H3,(H,29,31,32);4-16H,1-2H3,(H,28,30,31);3-10,12-15H,1-2H3,(H3,27,28,30,32)/t3*16-;15-/m0000/s1. The molecule has 12 heterocycles. The Balaban J connectivity index is 0.000000128. The number of hydrogen-bond donors (Lipinski definition) is 5. The SMILES string of the molecule is C[C@H](Nc1nc(N)ncc1C#N)c1nc2cccc(-c3cnn(C)c3)c2c(=O)n1-c1ccccc1.[C-]#[N+]c1cnc(C)nc1N[C@@H](C)c1cc2cccc(-c3cnc(C)s3)c2c(=O)n1-c1ccccc1.[C-]#[N+]c1cnc(C)nc1N[C@@H](C)c1cc2cccc(-c3cnc(C)s3)c2c(=O)n1-c1ccccc1.[C-]#[N+]c1cnc(C)nc1N[C@@H](C)c1cc2cccc(-c3cnoc3)c2c(=O)n1-c1ccccc1. The predicted octanol–water partition coefficient (Wildman–Crippen LogP) is 21.2. The van der Waals surface area contributed by atoms with E-state index in [1.165, 1.54) is 31.1 Å². The summed E-state index contributed by atoms with van der Waals surface area (Å²) in [7, 11) is 1.83. The first-order valence-corrected chi connectivity index (χ1v) is 45.4. The van der Waals surface area contributed by atoms with E-state index in [1.54, 1.807) is 78.8 Å². The summed E-state index contributed by atoms with van der Waals surface area (Å²) in [5.74, 6) is 3.77. The number of nitrogen functional groups attached to an aromatic ring is 1. The van der Waals surface area contributed by atoms with E-state index in [9.17, 15) is 24.4 Å². The lowest BCUT2D eigenvalue weighted by molar-refractivity contribution is 0.420. The largest absolute Gasteiger partial charge is 0.371 e. The van der Waals surface area contributed by atoms with Crippen molar-refractivity contribution in [2.75, 3.05) is 27.0 Å². The fourth-order valence-corrected chi connectivity index (χ4v) is 18.0. The van der Waals surface area contributed by atoms with Crippen LogP contribution in [0.25, 0.3) is 124 Å². The smallest absolute Gasteiger partial charge is 0.266 e. The summed E-state index contributed by atoms with van der Waals surface area (Å²) in [6, 6.07) is 67.6. The number of rotatable bonds is 20. The summed E-state index contributed by atoms with van der Waals surface area (Å²) in [5, 5.41) is 37.4. The molecule has 0 amide bonds. The molecule has 0 unspecified atom stereocenters. The number of nitriles is 1. The highest BCUT2D eigenvalue weighted by Gasteiger charge is 2.28. The van der Waals surface area contributed by atoms with Gasteiger partial charge in [-0.15, -0.1) is 22.7 Å². The summed E-state index contributed by atoms with van der Waals surface area (Å²) < 4.78 is 13.5. The molecule has 34 heteroatoms. The van der Waals surface area contributed by atoms with Crippen LogP contribution in [0.3, 0.4) is 0 Å². The molecule has 6 N–H and O–H groups in total. The molecule has 0 bridgehead atoms. The number of para-hydroxylation sites is 4. The molecule has 0 saturated heterocycles. The maximum atomic E-state index is 14.1. The van der Waals surface area contributed by atoms with Gasteiger partial charge in [0.2, 0.25) is 23.0 Å². The Hall–Kier alpha value is -18.5. The van der Waals surface area contributed by atoms with E-state index in [1.807, 2.05) is 280 Å². The number of aromatic nitrogens is 18. The van der Waals surface area contributed by atoms with E-state index < -0.39 is 6.04 Å². The Morgan fingerprint density at radius 2 is 0.784 bits per heavy atom. The van der Waals surface area contributed by atoms with Crippen LogP contribution < -0.4 is 49.2 Å². The number of fused-ring (bicyclic) bond motifs is 4. The topological polar surface area (TPSA) is 385 Å². The molecule has 682 valence electrons. The van der Waals surface area contributed by atoms with E-state index in [4.69, 9.17) is 35.0 Å². The van der Waals surface area contributed by atoms with Crippen molar-refractivity contribution in [2.24, 2.45) is 7.05 Å². The van der Waals surface area contributed by atoms with Crippen molar-refractivity contribution < 1.29 is 4.52 Å². The number of thiazole rings is 2. The Kier molecular flexibility index (Phi) is 26.9. The highest BCUT2D eigenvalue weighted by atomic mass is 32.1. The minimum absolute atomic E-state index is 0.0340. The average molecular weight is 1870 g/mol. The second kappa shape index (κ2) is 40.5. The van der Waals surface area contributed by atoms with Gasteiger partial charge in [-0.05, 0) is 162 Å². The fraction of sp³-hybridized carbons (Fsp3) is 0.133. The van der Waals surface area contributed by atoms with Gasteiger partial charge in [-0.3, -0.25) is 57.1 Å². The van der Waals surface area contributed by atoms with Gasteiger partial charge >= 0.3 is 0 Å². The first-order valence-electron chi connectivity index (χ1n) is 43.7. The third-order valence-corrected chi connectivity index (χ3v) is 24.7. The molecule has 0 radical (unpaired) electrons. The van der Waals surface area contributed by atoms with E-state index in [2.05, 4.69) is 102 Å². The van der Waals surface area contributed by atoms with Crippen LogP contribution in [-0.4, -0.2) is 88.0 Å². The van der Waals surface area contributed by atoms with Crippen LogP contribution in [0.1, 0.15) is 108 Å². The van der Waals surface area contributed by atoms with Crippen LogP contribution in [0.5, 0.6) is 0 Å². The van der Waals surface area contributed by atoms with Crippen LogP contribution >= 0.6 is 22.7 Å². The van der Waals surface area contributed by atoms with Crippen LogP contribution in [0.4, 0.5) is 46.3 Å². The second-order valence-electron chi connectivity index (χ2n) is 32.2. The molecule has 20 aromatic rings. The summed E-state index contributed by atoms with van der Waals surface area (Å²) in [6.45, 7) is 39.4. The van der Waals surface area contributed by atoms with Crippen molar-refractivity contribution in [1.29, 1.82) is 5.26 Å². The third-order valence-electron chi connectivity index (χ3n) is 22.8. The van der Waals surface area contributed by atoms with Crippen LogP contribution in [0.15, 0.2) is 298 Å². The van der Waals surface area contributed by atoms with Gasteiger partial charge in [0.1, 0.15) is 64.5 Å². The summed E-state index contributed by atoms with van der Waals surface area (Å²) in [4.78, 5) is 116. The van der Waals surface area contributed by atoms with E-state index in [0.717, 1.165) is 103 Å². The zero-order valence-corrected chi connectivity index (χ0v) is 78.2. The molecule has 0 aliphatic carbocycles. The quantitative estimate of drug-likeness (QED) is 0.0442. The number of anilines is 5. The Labute approximate surface area is 803 Å². The molecular formula is C105H85N27O5S2. The first-order chi connectivity index (χ1) is 67.4. The third kappa shape index (κ3) is 19.4. The van der Waals surface area contributed by atoms with Gasteiger partial charge in [-0.1, -0.05) is 145 Å². The molecule has 0 saturated carbocycles. The van der Waals surface area contributed by atoms with Gasteiger partial charge in [0.25, 0.3) is 22.2 Å². The zero-order valence-electron chi connectivity index (χ0n) is 76.6. The van der Waals surface area contributed by atoms with Crippen LogP contribution in [-0.2, 0) is 7.05 Å². The van der Waals surface area contributed by atoms with Crippen molar-refractivity contribution in [3.8, 4) is 72.0 Å². The maximum absolute atomic E-state index is 14.1. The van der Waals surface area contributed by atoms with Crippen molar-refractivity contribution in [2.45, 2.75) is 86.5 Å². The van der Waals surface area contributed by atoms with E-state index in [-0.39, 0.29) is 57.7 Å². The molecule has 0 aliphatic heterocycles. The molecule has 12 aromatic heterocycles. The molecule has 32 nitrogen and oxygen atoms in total. The Morgan fingerprint density at radius 3 is 1.16 bits per heavy atom. The minimum atomic E-state index is -0.504. The normalized spacial score (nSPS) is 11.8. The van der Waals surface area contributed by atoms with Gasteiger partial charge in [0.15, 0.2) is 0 Å². The lowest BCUT2D eigenvalue weighted by atomic mass is 10.00. The van der Waals surface area contributed by atoms with E-state index in [0.29, 0.717) is 90.6 Å². The molecule has 8 aromatic carbocycles. The Morgan fingerprint density at radius 1 is 0.403 bits per heavy atom.